The predicted octanol–water partition coefficient (Wildman–Crippen LogP) is 4.16. The minimum Gasteiger partial charge on any atom is -0.360 e. The van der Waals surface area contributed by atoms with Crippen molar-refractivity contribution in [1.29, 1.82) is 0 Å². The lowest BCUT2D eigenvalue weighted by Crippen LogP contribution is -2.05. The number of carbonyl (C=O) groups excluding carboxylic acids is 1. The Hall–Kier alpha value is -1.09. The van der Waals surface area contributed by atoms with Crippen molar-refractivity contribution in [3.63, 3.8) is 0 Å². The fraction of sp³-hybridized carbons (Fsp3) is 0.357. The lowest BCUT2D eigenvalue weighted by atomic mass is 10.0. The molecule has 1 aliphatic carbocycles. The van der Waals surface area contributed by atoms with E-state index in [9.17, 15) is 4.79 Å². The van der Waals surface area contributed by atoms with Gasteiger partial charge in [0.2, 0.25) is 0 Å². The van der Waals surface area contributed by atoms with Crippen LogP contribution < -0.4 is 0 Å². The normalized spacial score (nSPS) is 21.7. The lowest BCUT2D eigenvalue weighted by molar-refractivity contribution is 0.0955. The maximum absolute atomic E-state index is 12.4. The number of Topliss-reactive ketones (excluding diaryl/α,β-unsaturated/α-hetero) is 1. The van der Waals surface area contributed by atoms with Crippen molar-refractivity contribution in [3.8, 4) is 0 Å². The van der Waals surface area contributed by atoms with E-state index in [0.717, 1.165) is 27.4 Å². The van der Waals surface area contributed by atoms with Crippen LogP contribution >= 0.6 is 15.9 Å². The van der Waals surface area contributed by atoms with E-state index in [-0.39, 0.29) is 17.1 Å². The molecule has 2 aromatic rings. The van der Waals surface area contributed by atoms with E-state index in [4.69, 9.17) is 0 Å². The number of carbonyl (C=O) groups is 1. The van der Waals surface area contributed by atoms with Crippen LogP contribution in [0.4, 0.5) is 0 Å². The van der Waals surface area contributed by atoms with Crippen LogP contribution in [0.25, 0.3) is 10.9 Å². The molecule has 17 heavy (non-hydrogen) atoms. The second kappa shape index (κ2) is 3.45. The van der Waals surface area contributed by atoms with Crippen LogP contribution in [0.2, 0.25) is 0 Å². The molecule has 88 valence electrons. The molecule has 1 atom stereocenters. The number of benzene rings is 1. The first-order valence-corrected chi connectivity index (χ1v) is 6.59. The summed E-state index contributed by atoms with van der Waals surface area (Å²) in [6.07, 6.45) is 2.85. The van der Waals surface area contributed by atoms with E-state index < -0.39 is 0 Å². The van der Waals surface area contributed by atoms with Gasteiger partial charge in [-0.2, -0.15) is 0 Å². The number of hydrogen-bond donors (Lipinski definition) is 1. The number of rotatable bonds is 2. The third kappa shape index (κ3) is 1.73. The molecule has 0 aliphatic heterocycles. The molecule has 1 aliphatic rings. The van der Waals surface area contributed by atoms with E-state index >= 15 is 0 Å². The Bertz CT molecular complexity index is 612. The first-order chi connectivity index (χ1) is 7.99. The fourth-order valence-corrected chi connectivity index (χ4v) is 2.77. The number of aromatic amines is 1. The molecule has 0 radical (unpaired) electrons. The summed E-state index contributed by atoms with van der Waals surface area (Å²) in [6.45, 7) is 4.31. The van der Waals surface area contributed by atoms with E-state index in [0.29, 0.717) is 0 Å². The number of aromatic nitrogens is 1. The fourth-order valence-electron chi connectivity index (χ4n) is 2.40. The highest BCUT2D eigenvalue weighted by Crippen LogP contribution is 2.53. The number of hydrogen-bond acceptors (Lipinski definition) is 1. The quantitative estimate of drug-likeness (QED) is 0.828. The van der Waals surface area contributed by atoms with Gasteiger partial charge in [-0.3, -0.25) is 4.79 Å². The molecule has 1 saturated carbocycles. The second-order valence-corrected chi connectivity index (χ2v) is 6.42. The average Bonchev–Trinajstić information content (AvgIpc) is 2.72. The van der Waals surface area contributed by atoms with Crippen molar-refractivity contribution in [2.45, 2.75) is 20.3 Å². The number of nitrogens with one attached hydrogen (secondary N) is 1. The summed E-state index contributed by atoms with van der Waals surface area (Å²) < 4.78 is 1.03. The monoisotopic (exact) mass is 291 g/mol. The van der Waals surface area contributed by atoms with E-state index in [2.05, 4.69) is 34.8 Å². The molecule has 1 heterocycles. The Morgan fingerprint density at radius 1 is 1.47 bits per heavy atom. The minimum atomic E-state index is 0.191. The van der Waals surface area contributed by atoms with Gasteiger partial charge in [0.15, 0.2) is 5.78 Å². The van der Waals surface area contributed by atoms with Gasteiger partial charge >= 0.3 is 0 Å². The molecular weight excluding hydrogens is 278 g/mol. The maximum Gasteiger partial charge on any atom is 0.168 e. The largest absolute Gasteiger partial charge is 0.360 e. The van der Waals surface area contributed by atoms with E-state index in [1.807, 2.05) is 24.4 Å². The molecule has 0 spiro atoms. The Labute approximate surface area is 109 Å². The van der Waals surface area contributed by atoms with Crippen LogP contribution in [0.1, 0.15) is 30.6 Å². The standard InChI is InChI=1S/C14H14BrNO/c1-14(2)6-11(14)13(17)10-7-16-12-5-8(15)3-4-9(10)12/h3-5,7,11,16H,6H2,1-2H3. The first kappa shape index (κ1) is 11.0. The van der Waals surface area contributed by atoms with Crippen molar-refractivity contribution in [2.75, 3.05) is 0 Å². The molecule has 0 saturated heterocycles. The molecule has 1 unspecified atom stereocenters. The highest BCUT2D eigenvalue weighted by Gasteiger charge is 2.50. The van der Waals surface area contributed by atoms with Crippen LogP contribution in [0.3, 0.4) is 0 Å². The highest BCUT2D eigenvalue weighted by molar-refractivity contribution is 9.10. The molecule has 1 aromatic carbocycles. The van der Waals surface area contributed by atoms with Crippen molar-refractivity contribution >= 4 is 32.6 Å². The molecule has 3 rings (SSSR count). The van der Waals surface area contributed by atoms with Gasteiger partial charge in [-0.15, -0.1) is 0 Å². The third-order valence-corrected chi connectivity index (χ3v) is 4.23. The molecule has 2 nitrogen and oxygen atoms in total. The predicted molar refractivity (Wildman–Crippen MR) is 72.2 cm³/mol. The summed E-state index contributed by atoms with van der Waals surface area (Å²) in [5.41, 5.74) is 2.04. The molecule has 3 heteroatoms. The number of fused-ring (bicyclic) bond motifs is 1. The van der Waals surface area contributed by atoms with Gasteiger partial charge in [0, 0.05) is 33.1 Å². The summed E-state index contributed by atoms with van der Waals surface area (Å²) in [7, 11) is 0. The zero-order valence-corrected chi connectivity index (χ0v) is 11.5. The molecule has 0 bridgehead atoms. The zero-order valence-electron chi connectivity index (χ0n) is 9.88. The zero-order chi connectivity index (χ0) is 12.2. The van der Waals surface area contributed by atoms with Crippen LogP contribution in [0, 0.1) is 11.3 Å². The Balaban J connectivity index is 2.04. The highest BCUT2D eigenvalue weighted by atomic mass is 79.9. The number of halogens is 1. The minimum absolute atomic E-state index is 0.191. The van der Waals surface area contributed by atoms with Gasteiger partial charge < -0.3 is 4.98 Å². The van der Waals surface area contributed by atoms with Crippen molar-refractivity contribution in [2.24, 2.45) is 11.3 Å². The SMILES string of the molecule is CC1(C)CC1C(=O)c1c[nH]c2cc(Br)ccc12. The second-order valence-electron chi connectivity index (χ2n) is 5.50. The molecule has 1 fully saturated rings. The van der Waals surface area contributed by atoms with Crippen LogP contribution in [-0.4, -0.2) is 10.8 Å². The third-order valence-electron chi connectivity index (χ3n) is 3.74. The molecule has 0 amide bonds. The van der Waals surface area contributed by atoms with Crippen LogP contribution in [0.5, 0.6) is 0 Å². The summed E-state index contributed by atoms with van der Waals surface area (Å²) in [6, 6.07) is 5.98. The number of H-pyrrole nitrogens is 1. The topological polar surface area (TPSA) is 32.9 Å². The summed E-state index contributed by atoms with van der Waals surface area (Å²) >= 11 is 3.43. The van der Waals surface area contributed by atoms with E-state index in [1.54, 1.807) is 0 Å². The van der Waals surface area contributed by atoms with Crippen molar-refractivity contribution < 1.29 is 4.79 Å². The van der Waals surface area contributed by atoms with Gasteiger partial charge in [0.05, 0.1) is 0 Å². The van der Waals surface area contributed by atoms with Gasteiger partial charge in [-0.1, -0.05) is 35.8 Å². The Morgan fingerprint density at radius 2 is 2.18 bits per heavy atom. The van der Waals surface area contributed by atoms with Crippen LogP contribution in [0.15, 0.2) is 28.9 Å². The van der Waals surface area contributed by atoms with Crippen LogP contribution in [-0.2, 0) is 0 Å². The Morgan fingerprint density at radius 3 is 2.82 bits per heavy atom. The molecular formula is C14H14BrNO. The first-order valence-electron chi connectivity index (χ1n) is 5.80. The summed E-state index contributed by atoms with van der Waals surface area (Å²) in [4.78, 5) is 15.5. The van der Waals surface area contributed by atoms with E-state index in [1.165, 1.54) is 0 Å². The number of ketones is 1. The van der Waals surface area contributed by atoms with Crippen molar-refractivity contribution in [3.05, 3.63) is 34.4 Å². The Kier molecular flexibility index (Phi) is 2.24. The lowest BCUT2D eigenvalue weighted by Gasteiger charge is -2.01. The molecule has 1 aromatic heterocycles. The molecule has 1 N–H and O–H groups in total. The smallest absolute Gasteiger partial charge is 0.168 e. The van der Waals surface area contributed by atoms with Gasteiger partial charge in [0.25, 0.3) is 0 Å². The van der Waals surface area contributed by atoms with Gasteiger partial charge in [-0.25, -0.2) is 0 Å². The average molecular weight is 292 g/mol. The van der Waals surface area contributed by atoms with Gasteiger partial charge in [-0.05, 0) is 24.0 Å². The summed E-state index contributed by atoms with van der Waals surface area (Å²) in [5, 5.41) is 1.03. The summed E-state index contributed by atoms with van der Waals surface area (Å²) in [5.74, 6) is 0.480. The maximum atomic E-state index is 12.4. The van der Waals surface area contributed by atoms with Crippen molar-refractivity contribution in [1.82, 2.24) is 4.98 Å². The van der Waals surface area contributed by atoms with Gasteiger partial charge in [0.1, 0.15) is 0 Å².